The summed E-state index contributed by atoms with van der Waals surface area (Å²) in [7, 11) is 0. The lowest BCUT2D eigenvalue weighted by molar-refractivity contribution is -0.384. The molecule has 4 rings (SSSR count). The van der Waals surface area contributed by atoms with Crippen molar-refractivity contribution in [2.24, 2.45) is 0 Å². The topological polar surface area (TPSA) is 117 Å². The molecule has 0 fully saturated rings. The van der Waals surface area contributed by atoms with E-state index in [1.54, 1.807) is 30.5 Å². The van der Waals surface area contributed by atoms with Crippen molar-refractivity contribution in [3.8, 4) is 0 Å². The molecule has 0 saturated carbocycles. The fraction of sp³-hybridized carbons (Fsp3) is 0.0952. The summed E-state index contributed by atoms with van der Waals surface area (Å²) >= 11 is 0. The zero-order valence-electron chi connectivity index (χ0n) is 15.9. The molecule has 30 heavy (non-hydrogen) atoms. The van der Waals surface area contributed by atoms with Gasteiger partial charge in [-0.3, -0.25) is 30.1 Å². The number of benzene rings is 2. The second kappa shape index (κ2) is 7.63. The van der Waals surface area contributed by atoms with E-state index >= 15 is 0 Å². The van der Waals surface area contributed by atoms with E-state index in [1.807, 2.05) is 19.1 Å². The Bertz CT molecular complexity index is 1150. The number of pyridine rings is 1. The fourth-order valence-electron chi connectivity index (χ4n) is 3.25. The maximum absolute atomic E-state index is 13.2. The highest BCUT2D eigenvalue weighted by atomic mass is 16.6. The molecule has 1 aromatic heterocycles. The number of aryl methyl sites for hydroxylation is 1. The standard InChI is InChI=1S/C21H17N5O4/c1-13-5-4-12-22-18(13)19-23-17-7-3-2-6-16(17)21(28)25(19)24-20(27)14-8-10-15(11-9-14)26(29)30/h2-12,19,23H,1H3,(H,24,27). The third kappa shape index (κ3) is 3.44. The molecule has 0 spiro atoms. The molecule has 2 N–H and O–H groups in total. The van der Waals surface area contributed by atoms with Crippen LogP contribution in [0, 0.1) is 17.0 Å². The van der Waals surface area contributed by atoms with Gasteiger partial charge in [0.25, 0.3) is 17.5 Å². The Labute approximate surface area is 171 Å². The minimum absolute atomic E-state index is 0.127. The molecule has 1 unspecified atom stereocenters. The number of hydrazine groups is 1. The highest BCUT2D eigenvalue weighted by Gasteiger charge is 2.35. The highest BCUT2D eigenvalue weighted by Crippen LogP contribution is 2.32. The Hall–Kier alpha value is -4.27. The normalized spacial score (nSPS) is 15.2. The van der Waals surface area contributed by atoms with Gasteiger partial charge in [-0.2, -0.15) is 0 Å². The van der Waals surface area contributed by atoms with Crippen LogP contribution in [0.2, 0.25) is 0 Å². The third-order valence-corrected chi connectivity index (χ3v) is 4.80. The molecule has 0 saturated heterocycles. The van der Waals surface area contributed by atoms with Crippen LogP contribution in [0.5, 0.6) is 0 Å². The lowest BCUT2D eigenvalue weighted by Crippen LogP contribution is -2.53. The Balaban J connectivity index is 1.69. The van der Waals surface area contributed by atoms with Crippen molar-refractivity contribution in [3.05, 3.63) is 99.4 Å². The number of nitro groups is 1. The van der Waals surface area contributed by atoms with Crippen molar-refractivity contribution in [2.75, 3.05) is 5.32 Å². The number of para-hydroxylation sites is 1. The van der Waals surface area contributed by atoms with Gasteiger partial charge in [-0.05, 0) is 42.8 Å². The molecule has 0 bridgehead atoms. The number of rotatable bonds is 4. The second-order valence-electron chi connectivity index (χ2n) is 6.72. The molecule has 0 radical (unpaired) electrons. The largest absolute Gasteiger partial charge is 0.358 e. The number of amides is 2. The van der Waals surface area contributed by atoms with Gasteiger partial charge in [0.2, 0.25) is 0 Å². The van der Waals surface area contributed by atoms with E-state index in [0.717, 1.165) is 5.56 Å². The predicted molar refractivity (Wildman–Crippen MR) is 109 cm³/mol. The Kier molecular flexibility index (Phi) is 4.85. The van der Waals surface area contributed by atoms with Gasteiger partial charge in [-0.25, -0.2) is 5.01 Å². The molecule has 0 aliphatic carbocycles. The van der Waals surface area contributed by atoms with Crippen LogP contribution in [0.1, 0.15) is 38.1 Å². The smallest absolute Gasteiger partial charge is 0.276 e. The molecule has 9 nitrogen and oxygen atoms in total. The van der Waals surface area contributed by atoms with Crippen molar-refractivity contribution in [1.82, 2.24) is 15.4 Å². The summed E-state index contributed by atoms with van der Waals surface area (Å²) in [5, 5.41) is 15.3. The number of carbonyl (C=O) groups is 2. The van der Waals surface area contributed by atoms with Gasteiger partial charge in [0.15, 0.2) is 6.17 Å². The SMILES string of the molecule is Cc1cccnc1C1Nc2ccccc2C(=O)N1NC(=O)c1ccc([N+](=O)[O-])cc1. The highest BCUT2D eigenvalue weighted by molar-refractivity contribution is 6.04. The predicted octanol–water partition coefficient (Wildman–Crippen LogP) is 3.21. The first-order valence-electron chi connectivity index (χ1n) is 9.12. The third-order valence-electron chi connectivity index (χ3n) is 4.80. The lowest BCUT2D eigenvalue weighted by Gasteiger charge is -2.37. The van der Waals surface area contributed by atoms with Gasteiger partial charge < -0.3 is 5.32 Å². The molecule has 9 heteroatoms. The van der Waals surface area contributed by atoms with Gasteiger partial charge in [-0.1, -0.05) is 18.2 Å². The number of carbonyl (C=O) groups excluding carboxylic acids is 2. The van der Waals surface area contributed by atoms with Crippen molar-refractivity contribution in [3.63, 3.8) is 0 Å². The van der Waals surface area contributed by atoms with Crippen LogP contribution in [0.4, 0.5) is 11.4 Å². The summed E-state index contributed by atoms with van der Waals surface area (Å²) in [6, 6.07) is 15.8. The number of hydrogen-bond acceptors (Lipinski definition) is 6. The fourth-order valence-corrected chi connectivity index (χ4v) is 3.25. The van der Waals surface area contributed by atoms with Crippen LogP contribution >= 0.6 is 0 Å². The summed E-state index contributed by atoms with van der Waals surface area (Å²) in [5.74, 6) is -0.965. The lowest BCUT2D eigenvalue weighted by atomic mass is 10.1. The second-order valence-corrected chi connectivity index (χ2v) is 6.72. The average Bonchev–Trinajstić information content (AvgIpc) is 2.76. The number of fused-ring (bicyclic) bond motifs is 1. The van der Waals surface area contributed by atoms with Crippen LogP contribution in [0.3, 0.4) is 0 Å². The number of hydrogen-bond donors (Lipinski definition) is 2. The zero-order chi connectivity index (χ0) is 21.3. The first kappa shape index (κ1) is 19.1. The van der Waals surface area contributed by atoms with E-state index < -0.39 is 22.9 Å². The molecular weight excluding hydrogens is 386 g/mol. The monoisotopic (exact) mass is 403 g/mol. The number of non-ortho nitro benzene ring substituents is 1. The summed E-state index contributed by atoms with van der Waals surface area (Å²) in [4.78, 5) is 40.6. The number of nitro benzene ring substituents is 1. The van der Waals surface area contributed by atoms with Crippen molar-refractivity contribution < 1.29 is 14.5 Å². The van der Waals surface area contributed by atoms with Gasteiger partial charge >= 0.3 is 0 Å². The molecule has 150 valence electrons. The van der Waals surface area contributed by atoms with Crippen LogP contribution in [-0.2, 0) is 0 Å². The average molecular weight is 403 g/mol. The van der Waals surface area contributed by atoms with E-state index in [0.29, 0.717) is 16.9 Å². The van der Waals surface area contributed by atoms with Crippen molar-refractivity contribution >= 4 is 23.2 Å². The Morgan fingerprint density at radius 1 is 1.13 bits per heavy atom. The summed E-state index contributed by atoms with van der Waals surface area (Å²) in [6.07, 6.45) is 0.890. The maximum Gasteiger partial charge on any atom is 0.276 e. The Morgan fingerprint density at radius 3 is 2.57 bits per heavy atom. The molecule has 2 amide bonds. The molecule has 2 aromatic carbocycles. The number of nitrogens with zero attached hydrogens (tertiary/aromatic N) is 3. The van der Waals surface area contributed by atoms with E-state index in [1.165, 1.54) is 29.3 Å². The van der Waals surface area contributed by atoms with Crippen molar-refractivity contribution in [2.45, 2.75) is 13.1 Å². The molecule has 1 atom stereocenters. The zero-order valence-corrected chi connectivity index (χ0v) is 15.9. The first-order chi connectivity index (χ1) is 14.5. The minimum Gasteiger partial charge on any atom is -0.358 e. The van der Waals surface area contributed by atoms with E-state index in [9.17, 15) is 19.7 Å². The summed E-state index contributed by atoms with van der Waals surface area (Å²) in [5.41, 5.74) is 5.16. The number of aromatic nitrogens is 1. The van der Waals surface area contributed by atoms with Gasteiger partial charge in [0.1, 0.15) is 0 Å². The molecule has 1 aliphatic heterocycles. The molecule has 1 aliphatic rings. The number of anilines is 1. The Morgan fingerprint density at radius 2 is 1.87 bits per heavy atom. The van der Waals surface area contributed by atoms with Crippen LogP contribution < -0.4 is 10.7 Å². The van der Waals surface area contributed by atoms with Crippen molar-refractivity contribution in [1.29, 1.82) is 0 Å². The van der Waals surface area contributed by atoms with Gasteiger partial charge in [0, 0.05) is 29.6 Å². The van der Waals surface area contributed by atoms with Crippen LogP contribution in [-0.4, -0.2) is 26.7 Å². The summed E-state index contributed by atoms with van der Waals surface area (Å²) in [6.45, 7) is 1.87. The minimum atomic E-state index is -0.726. The number of nitrogens with one attached hydrogen (secondary N) is 2. The first-order valence-corrected chi connectivity index (χ1v) is 9.12. The van der Waals surface area contributed by atoms with E-state index in [2.05, 4.69) is 15.7 Å². The molecule has 2 heterocycles. The van der Waals surface area contributed by atoms with Gasteiger partial charge in [0.05, 0.1) is 16.2 Å². The van der Waals surface area contributed by atoms with Gasteiger partial charge in [-0.15, -0.1) is 0 Å². The van der Waals surface area contributed by atoms with Crippen LogP contribution in [0.15, 0.2) is 66.9 Å². The molecule has 3 aromatic rings. The quantitative estimate of drug-likeness (QED) is 0.510. The van der Waals surface area contributed by atoms with Crippen LogP contribution in [0.25, 0.3) is 0 Å². The molecular formula is C21H17N5O4. The van der Waals surface area contributed by atoms with E-state index in [4.69, 9.17) is 0 Å². The maximum atomic E-state index is 13.2. The summed E-state index contributed by atoms with van der Waals surface area (Å²) < 4.78 is 0. The van der Waals surface area contributed by atoms with E-state index in [-0.39, 0.29) is 11.3 Å².